The van der Waals surface area contributed by atoms with Crippen molar-refractivity contribution in [2.75, 3.05) is 5.32 Å². The Kier molecular flexibility index (Phi) is 4.13. The van der Waals surface area contributed by atoms with Gasteiger partial charge in [-0.25, -0.2) is 9.97 Å². The third-order valence-electron chi connectivity index (χ3n) is 2.50. The number of nitrogens with one attached hydrogen (secondary N) is 1. The molecule has 0 saturated carbocycles. The molecule has 2 aromatic heterocycles. The van der Waals surface area contributed by atoms with E-state index in [1.54, 1.807) is 0 Å². The molecule has 0 aromatic carbocycles. The zero-order valence-electron chi connectivity index (χ0n) is 10.7. The molecule has 0 aliphatic rings. The van der Waals surface area contributed by atoms with E-state index in [0.717, 1.165) is 12.1 Å². The number of hydrogen-bond donors (Lipinski definition) is 1. The molecule has 0 aliphatic heterocycles. The minimum Gasteiger partial charge on any atom is -0.305 e. The predicted molar refractivity (Wildman–Crippen MR) is 71.2 cm³/mol. The number of aryl methyl sites for hydroxylation is 1. The summed E-state index contributed by atoms with van der Waals surface area (Å²) in [5.41, 5.74) is -0.847. The van der Waals surface area contributed by atoms with Gasteiger partial charge in [-0.2, -0.15) is 13.2 Å². The van der Waals surface area contributed by atoms with Crippen LogP contribution in [0.15, 0.2) is 30.5 Å². The number of carbonyl (C=O) groups is 1. The van der Waals surface area contributed by atoms with Crippen molar-refractivity contribution in [2.45, 2.75) is 13.1 Å². The van der Waals surface area contributed by atoms with Gasteiger partial charge >= 0.3 is 6.18 Å². The van der Waals surface area contributed by atoms with Crippen LogP contribution in [0.5, 0.6) is 0 Å². The van der Waals surface area contributed by atoms with Gasteiger partial charge in [-0.3, -0.25) is 4.79 Å². The lowest BCUT2D eigenvalue weighted by molar-refractivity contribution is -0.137. The number of carbonyl (C=O) groups excluding carboxylic acids is 1. The second kappa shape index (κ2) is 5.69. The van der Waals surface area contributed by atoms with Crippen molar-refractivity contribution < 1.29 is 18.0 Å². The quantitative estimate of drug-likeness (QED) is 0.919. The zero-order valence-corrected chi connectivity index (χ0v) is 11.5. The summed E-state index contributed by atoms with van der Waals surface area (Å²) in [4.78, 5) is 19.5. The number of hydrogen-bond acceptors (Lipinski definition) is 3. The number of rotatable bonds is 2. The van der Waals surface area contributed by atoms with Crippen molar-refractivity contribution in [3.63, 3.8) is 0 Å². The molecule has 0 unspecified atom stereocenters. The van der Waals surface area contributed by atoms with Gasteiger partial charge in [-0.05, 0) is 31.2 Å². The average Bonchev–Trinajstić information content (AvgIpc) is 2.37. The third kappa shape index (κ3) is 3.69. The molecule has 4 nitrogen and oxygen atoms in total. The molecule has 0 radical (unpaired) electrons. The molecule has 0 saturated heterocycles. The van der Waals surface area contributed by atoms with Crippen LogP contribution in [0.3, 0.4) is 0 Å². The molecule has 110 valence electrons. The van der Waals surface area contributed by atoms with Gasteiger partial charge in [0.05, 0.1) is 10.6 Å². The predicted octanol–water partition coefficient (Wildman–Crippen LogP) is 3.71. The Morgan fingerprint density at radius 3 is 2.67 bits per heavy atom. The van der Waals surface area contributed by atoms with Gasteiger partial charge in [0, 0.05) is 11.9 Å². The molecule has 21 heavy (non-hydrogen) atoms. The number of alkyl halides is 3. The number of amides is 1. The Bertz CT molecular complexity index is 689. The summed E-state index contributed by atoms with van der Waals surface area (Å²) in [6.07, 6.45) is -3.17. The Hall–Kier alpha value is -2.15. The maximum Gasteiger partial charge on any atom is 0.416 e. The van der Waals surface area contributed by atoms with Crippen LogP contribution in [0.1, 0.15) is 21.7 Å². The summed E-state index contributed by atoms with van der Waals surface area (Å²) in [7, 11) is 0. The van der Waals surface area contributed by atoms with Crippen LogP contribution in [-0.2, 0) is 6.18 Å². The molecule has 0 spiro atoms. The number of nitrogens with zero attached hydrogens (tertiary/aromatic N) is 2. The van der Waals surface area contributed by atoms with Crippen molar-refractivity contribution >= 4 is 23.3 Å². The van der Waals surface area contributed by atoms with Gasteiger partial charge in [0.1, 0.15) is 11.5 Å². The summed E-state index contributed by atoms with van der Waals surface area (Å²) >= 11 is 5.80. The molecule has 2 heterocycles. The Morgan fingerprint density at radius 2 is 2.05 bits per heavy atom. The lowest BCUT2D eigenvalue weighted by atomic mass is 10.2. The van der Waals surface area contributed by atoms with Gasteiger partial charge in [0.25, 0.3) is 5.91 Å². The Labute approximate surface area is 123 Å². The van der Waals surface area contributed by atoms with Crippen LogP contribution >= 0.6 is 11.6 Å². The van der Waals surface area contributed by atoms with Gasteiger partial charge in [-0.15, -0.1) is 0 Å². The highest BCUT2D eigenvalue weighted by Crippen LogP contribution is 2.31. The van der Waals surface area contributed by atoms with E-state index >= 15 is 0 Å². The first kappa shape index (κ1) is 15.2. The fourth-order valence-corrected chi connectivity index (χ4v) is 1.83. The highest BCUT2D eigenvalue weighted by atomic mass is 35.5. The molecule has 0 bridgehead atoms. The minimum atomic E-state index is -4.52. The second-order valence-electron chi connectivity index (χ2n) is 4.17. The van der Waals surface area contributed by atoms with Gasteiger partial charge < -0.3 is 5.32 Å². The van der Waals surface area contributed by atoms with Gasteiger partial charge in [-0.1, -0.05) is 11.6 Å². The van der Waals surface area contributed by atoms with Crippen LogP contribution in [0.2, 0.25) is 5.02 Å². The molecular formula is C13H9ClF3N3O. The largest absolute Gasteiger partial charge is 0.416 e. The van der Waals surface area contributed by atoms with E-state index in [2.05, 4.69) is 15.3 Å². The van der Waals surface area contributed by atoms with E-state index < -0.39 is 17.6 Å². The molecule has 0 aliphatic carbocycles. The van der Waals surface area contributed by atoms with Crippen LogP contribution in [0, 0.1) is 6.92 Å². The summed E-state index contributed by atoms with van der Waals surface area (Å²) in [5, 5.41) is 2.35. The van der Waals surface area contributed by atoms with Crippen LogP contribution in [-0.4, -0.2) is 15.9 Å². The molecule has 8 heteroatoms. The molecule has 1 N–H and O–H groups in total. The van der Waals surface area contributed by atoms with Crippen LogP contribution in [0.4, 0.5) is 19.0 Å². The molecule has 0 fully saturated rings. The van der Waals surface area contributed by atoms with Crippen molar-refractivity contribution in [3.8, 4) is 0 Å². The molecule has 0 atom stereocenters. The first-order chi connectivity index (χ1) is 9.77. The maximum atomic E-state index is 12.7. The fraction of sp³-hybridized carbons (Fsp3) is 0.154. The van der Waals surface area contributed by atoms with E-state index in [4.69, 9.17) is 11.6 Å². The van der Waals surface area contributed by atoms with Gasteiger partial charge in [0.2, 0.25) is 0 Å². The normalized spacial score (nSPS) is 11.3. The van der Waals surface area contributed by atoms with E-state index in [1.807, 2.05) is 0 Å². The van der Waals surface area contributed by atoms with E-state index in [9.17, 15) is 18.0 Å². The lowest BCUT2D eigenvalue weighted by Gasteiger charge is -2.11. The minimum absolute atomic E-state index is 0.0870. The van der Waals surface area contributed by atoms with E-state index in [-0.39, 0.29) is 22.2 Å². The Balaban J connectivity index is 2.30. The number of aromatic nitrogens is 2. The highest BCUT2D eigenvalue weighted by molar-refractivity contribution is 6.34. The first-order valence-corrected chi connectivity index (χ1v) is 6.13. The van der Waals surface area contributed by atoms with E-state index in [1.165, 1.54) is 25.3 Å². The maximum absolute atomic E-state index is 12.7. The standard InChI is InChI=1S/C13H9ClF3N3O/c1-7-5-8(13(15,16)17)6-10(19-7)20-12(21)11-9(14)3-2-4-18-11/h2-6H,1H3,(H,19,20,21). The van der Waals surface area contributed by atoms with Gasteiger partial charge in [0.15, 0.2) is 0 Å². The monoisotopic (exact) mass is 315 g/mol. The average molecular weight is 316 g/mol. The Morgan fingerprint density at radius 1 is 1.33 bits per heavy atom. The van der Waals surface area contributed by atoms with Crippen LogP contribution < -0.4 is 5.32 Å². The van der Waals surface area contributed by atoms with E-state index in [0.29, 0.717) is 0 Å². The van der Waals surface area contributed by atoms with Crippen LogP contribution in [0.25, 0.3) is 0 Å². The molecule has 2 aromatic rings. The summed E-state index contributed by atoms with van der Waals surface area (Å²) < 4.78 is 38.1. The SMILES string of the molecule is Cc1cc(C(F)(F)F)cc(NC(=O)c2ncccc2Cl)n1. The summed E-state index contributed by atoms with van der Waals surface area (Å²) in [5.74, 6) is -0.944. The highest BCUT2D eigenvalue weighted by Gasteiger charge is 2.31. The van der Waals surface area contributed by atoms with Crippen molar-refractivity contribution in [1.82, 2.24) is 9.97 Å². The fourth-order valence-electron chi connectivity index (χ4n) is 1.62. The zero-order chi connectivity index (χ0) is 15.6. The van der Waals surface area contributed by atoms with Crippen molar-refractivity contribution in [1.29, 1.82) is 0 Å². The number of halogens is 4. The molecular weight excluding hydrogens is 307 g/mol. The lowest BCUT2D eigenvalue weighted by Crippen LogP contribution is -2.16. The number of pyridine rings is 2. The van der Waals surface area contributed by atoms with Crippen molar-refractivity contribution in [2.24, 2.45) is 0 Å². The second-order valence-corrected chi connectivity index (χ2v) is 4.58. The number of anilines is 1. The summed E-state index contributed by atoms with van der Waals surface area (Å²) in [6, 6.07) is 4.63. The smallest absolute Gasteiger partial charge is 0.305 e. The molecule has 2 rings (SSSR count). The molecule has 1 amide bonds. The summed E-state index contributed by atoms with van der Waals surface area (Å²) in [6.45, 7) is 1.40. The topological polar surface area (TPSA) is 54.9 Å². The third-order valence-corrected chi connectivity index (χ3v) is 2.80. The van der Waals surface area contributed by atoms with Crippen molar-refractivity contribution in [3.05, 3.63) is 52.4 Å². The first-order valence-electron chi connectivity index (χ1n) is 5.75.